The van der Waals surface area contributed by atoms with Crippen LogP contribution in [0.4, 0.5) is 10.1 Å². The van der Waals surface area contributed by atoms with Gasteiger partial charge in [-0.05, 0) is 37.1 Å². The maximum atomic E-state index is 13.5. The van der Waals surface area contributed by atoms with Crippen molar-refractivity contribution in [3.05, 3.63) is 48.0 Å². The van der Waals surface area contributed by atoms with E-state index in [0.717, 1.165) is 19.4 Å². The molecule has 0 aliphatic carbocycles. The number of nitrogens with zero attached hydrogens (tertiary/aromatic N) is 1. The number of ether oxygens (including phenoxy) is 2. The molecule has 3 rings (SSSR count). The molecular formula is C17H19FN2O3. The van der Waals surface area contributed by atoms with Gasteiger partial charge in [-0.3, -0.25) is 4.79 Å². The van der Waals surface area contributed by atoms with Crippen molar-refractivity contribution in [1.29, 1.82) is 0 Å². The van der Waals surface area contributed by atoms with Gasteiger partial charge in [0.05, 0.1) is 11.8 Å². The van der Waals surface area contributed by atoms with Crippen LogP contribution in [0.5, 0.6) is 5.75 Å². The first kappa shape index (κ1) is 15.6. The van der Waals surface area contributed by atoms with E-state index in [9.17, 15) is 9.18 Å². The topological polar surface area (TPSA) is 52.5 Å². The fraction of sp³-hybridized carbons (Fsp3) is 0.353. The number of benzene rings is 1. The minimum Gasteiger partial charge on any atom is -0.489 e. The Morgan fingerprint density at radius 2 is 2.35 bits per heavy atom. The quantitative estimate of drug-likeness (QED) is 0.922. The zero-order valence-electron chi connectivity index (χ0n) is 12.9. The average molecular weight is 318 g/mol. The van der Waals surface area contributed by atoms with Crippen LogP contribution in [0.2, 0.25) is 0 Å². The van der Waals surface area contributed by atoms with Gasteiger partial charge >= 0.3 is 0 Å². The van der Waals surface area contributed by atoms with Crippen molar-refractivity contribution >= 4 is 11.6 Å². The van der Waals surface area contributed by atoms with Crippen LogP contribution in [0.3, 0.4) is 0 Å². The molecule has 0 spiro atoms. The molecule has 1 unspecified atom stereocenters. The Bertz CT molecular complexity index is 693. The number of rotatable bonds is 5. The van der Waals surface area contributed by atoms with Crippen LogP contribution in [-0.4, -0.2) is 29.8 Å². The van der Waals surface area contributed by atoms with E-state index in [0.29, 0.717) is 23.7 Å². The zero-order chi connectivity index (χ0) is 16.2. The van der Waals surface area contributed by atoms with Crippen LogP contribution in [0.15, 0.2) is 36.5 Å². The third kappa shape index (κ3) is 3.71. The average Bonchev–Trinajstić information content (AvgIpc) is 3.17. The molecule has 1 amide bonds. The number of aryl methyl sites for hydroxylation is 1. The maximum Gasteiger partial charge on any atom is 0.272 e. The van der Waals surface area contributed by atoms with Gasteiger partial charge in [0.25, 0.3) is 5.91 Å². The Hall–Kier alpha value is -2.34. The summed E-state index contributed by atoms with van der Waals surface area (Å²) in [6.45, 7) is 1.13. The van der Waals surface area contributed by atoms with Gasteiger partial charge in [-0.2, -0.15) is 0 Å². The summed E-state index contributed by atoms with van der Waals surface area (Å²) in [5.74, 6) is -0.314. The van der Waals surface area contributed by atoms with E-state index < -0.39 is 5.82 Å². The molecule has 1 aromatic heterocycles. The van der Waals surface area contributed by atoms with Gasteiger partial charge in [0.15, 0.2) is 0 Å². The summed E-state index contributed by atoms with van der Waals surface area (Å²) < 4.78 is 26.4. The van der Waals surface area contributed by atoms with Crippen molar-refractivity contribution in [3.8, 4) is 5.75 Å². The fourth-order valence-electron chi connectivity index (χ4n) is 2.57. The molecule has 1 atom stereocenters. The molecule has 0 bridgehead atoms. The third-order valence-corrected chi connectivity index (χ3v) is 3.81. The first-order valence-corrected chi connectivity index (χ1v) is 7.60. The van der Waals surface area contributed by atoms with Crippen molar-refractivity contribution < 1.29 is 18.7 Å². The van der Waals surface area contributed by atoms with E-state index in [2.05, 4.69) is 5.32 Å². The lowest BCUT2D eigenvalue weighted by Crippen LogP contribution is -2.19. The summed E-state index contributed by atoms with van der Waals surface area (Å²) >= 11 is 0. The van der Waals surface area contributed by atoms with Gasteiger partial charge in [-0.1, -0.05) is 0 Å². The lowest BCUT2D eigenvalue weighted by molar-refractivity contribution is 0.0681. The van der Waals surface area contributed by atoms with Crippen molar-refractivity contribution in [2.75, 3.05) is 18.5 Å². The highest BCUT2D eigenvalue weighted by atomic mass is 19.1. The molecule has 122 valence electrons. The maximum absolute atomic E-state index is 13.5. The summed E-state index contributed by atoms with van der Waals surface area (Å²) in [5.41, 5.74) is 0.800. The SMILES string of the molecule is Cn1cccc1C(=O)Nc1cc(F)ccc1OCC1CCCO1. The van der Waals surface area contributed by atoms with Crippen LogP contribution in [0.1, 0.15) is 23.3 Å². The molecular weight excluding hydrogens is 299 g/mol. The standard InChI is InChI=1S/C17H19FN2O3/c1-20-8-2-5-15(20)17(21)19-14-10-12(18)6-7-16(14)23-11-13-4-3-9-22-13/h2,5-8,10,13H,3-4,9,11H2,1H3,(H,19,21). The second-order valence-corrected chi connectivity index (χ2v) is 5.54. The Morgan fingerprint density at radius 1 is 1.48 bits per heavy atom. The number of carbonyl (C=O) groups excluding carboxylic acids is 1. The number of halogens is 1. The highest BCUT2D eigenvalue weighted by molar-refractivity contribution is 6.04. The van der Waals surface area contributed by atoms with E-state index in [1.807, 2.05) is 0 Å². The molecule has 1 fully saturated rings. The molecule has 1 aliphatic rings. The highest BCUT2D eigenvalue weighted by Crippen LogP contribution is 2.27. The van der Waals surface area contributed by atoms with E-state index in [1.165, 1.54) is 18.2 Å². The predicted octanol–water partition coefficient (Wildman–Crippen LogP) is 2.97. The summed E-state index contributed by atoms with van der Waals surface area (Å²) in [5, 5.41) is 2.70. The minimum atomic E-state index is -0.434. The summed E-state index contributed by atoms with van der Waals surface area (Å²) in [6, 6.07) is 7.55. The van der Waals surface area contributed by atoms with Gasteiger partial charge < -0.3 is 19.4 Å². The van der Waals surface area contributed by atoms with Crippen molar-refractivity contribution in [1.82, 2.24) is 4.57 Å². The molecule has 1 saturated heterocycles. The third-order valence-electron chi connectivity index (χ3n) is 3.81. The largest absolute Gasteiger partial charge is 0.489 e. The number of amides is 1. The smallest absolute Gasteiger partial charge is 0.272 e. The Morgan fingerprint density at radius 3 is 3.04 bits per heavy atom. The van der Waals surface area contributed by atoms with E-state index in [-0.39, 0.29) is 12.0 Å². The fourth-order valence-corrected chi connectivity index (χ4v) is 2.57. The van der Waals surface area contributed by atoms with Crippen LogP contribution >= 0.6 is 0 Å². The lowest BCUT2D eigenvalue weighted by atomic mass is 10.2. The normalized spacial score (nSPS) is 17.2. The molecule has 0 radical (unpaired) electrons. The molecule has 0 saturated carbocycles. The van der Waals surface area contributed by atoms with Gasteiger partial charge in [-0.25, -0.2) is 4.39 Å². The predicted molar refractivity (Wildman–Crippen MR) is 84.2 cm³/mol. The molecule has 2 aromatic rings. The first-order valence-electron chi connectivity index (χ1n) is 7.60. The van der Waals surface area contributed by atoms with Crippen molar-refractivity contribution in [2.24, 2.45) is 7.05 Å². The minimum absolute atomic E-state index is 0.0523. The molecule has 23 heavy (non-hydrogen) atoms. The number of nitrogens with one attached hydrogen (secondary N) is 1. The summed E-state index contributed by atoms with van der Waals surface area (Å²) in [6.07, 6.45) is 3.80. The molecule has 6 heteroatoms. The Labute approximate surface area is 134 Å². The van der Waals surface area contributed by atoms with Crippen LogP contribution in [0.25, 0.3) is 0 Å². The van der Waals surface area contributed by atoms with E-state index >= 15 is 0 Å². The number of anilines is 1. The first-order chi connectivity index (χ1) is 11.1. The molecule has 2 heterocycles. The number of hydrogen-bond acceptors (Lipinski definition) is 3. The second-order valence-electron chi connectivity index (χ2n) is 5.54. The molecule has 1 aromatic carbocycles. The van der Waals surface area contributed by atoms with Crippen molar-refractivity contribution in [2.45, 2.75) is 18.9 Å². The molecule has 1 N–H and O–H groups in total. The van der Waals surface area contributed by atoms with Crippen LogP contribution < -0.4 is 10.1 Å². The molecule has 1 aliphatic heterocycles. The van der Waals surface area contributed by atoms with Crippen molar-refractivity contribution in [3.63, 3.8) is 0 Å². The van der Waals surface area contributed by atoms with Gasteiger partial charge in [0, 0.05) is 25.9 Å². The molecule has 5 nitrogen and oxygen atoms in total. The zero-order valence-corrected chi connectivity index (χ0v) is 12.9. The van der Waals surface area contributed by atoms with Crippen LogP contribution in [-0.2, 0) is 11.8 Å². The van der Waals surface area contributed by atoms with Gasteiger partial charge in [0.1, 0.15) is 23.9 Å². The number of hydrogen-bond donors (Lipinski definition) is 1. The van der Waals surface area contributed by atoms with Gasteiger partial charge in [-0.15, -0.1) is 0 Å². The summed E-state index contributed by atoms with van der Waals surface area (Å²) in [7, 11) is 1.77. The Balaban J connectivity index is 1.73. The van der Waals surface area contributed by atoms with E-state index in [4.69, 9.17) is 9.47 Å². The Kier molecular flexibility index (Phi) is 4.62. The number of aromatic nitrogens is 1. The summed E-state index contributed by atoms with van der Waals surface area (Å²) in [4.78, 5) is 12.3. The second kappa shape index (κ2) is 6.83. The van der Waals surface area contributed by atoms with Crippen LogP contribution in [0, 0.1) is 5.82 Å². The monoisotopic (exact) mass is 318 g/mol. The lowest BCUT2D eigenvalue weighted by Gasteiger charge is -2.15. The number of carbonyl (C=O) groups is 1. The van der Waals surface area contributed by atoms with E-state index in [1.54, 1.807) is 29.9 Å². The van der Waals surface area contributed by atoms with Gasteiger partial charge in [0.2, 0.25) is 0 Å². The highest BCUT2D eigenvalue weighted by Gasteiger charge is 2.18.